The molecule has 1 atom stereocenters. The third kappa shape index (κ3) is 1.79. The number of aliphatic hydroxyl groups excluding tert-OH is 1. The van der Waals surface area contributed by atoms with Crippen LogP contribution in [-0.4, -0.2) is 28.1 Å². The first-order valence-electron chi connectivity index (χ1n) is 3.42. The van der Waals surface area contributed by atoms with Crippen molar-refractivity contribution in [3.05, 3.63) is 24.3 Å². The van der Waals surface area contributed by atoms with Gasteiger partial charge < -0.3 is 10.2 Å². The van der Waals surface area contributed by atoms with E-state index >= 15 is 0 Å². The molecule has 0 aliphatic heterocycles. The van der Waals surface area contributed by atoms with Crippen molar-refractivity contribution in [2.24, 2.45) is 5.92 Å². The number of allylic oxidation sites excluding steroid dienone is 2. The smallest absolute Gasteiger partial charge is 0.333 e. The fourth-order valence-corrected chi connectivity index (χ4v) is 0.907. The topological polar surface area (TPSA) is 74.6 Å². The van der Waals surface area contributed by atoms with Gasteiger partial charge in [0, 0.05) is 5.92 Å². The van der Waals surface area contributed by atoms with E-state index in [9.17, 15) is 9.59 Å². The molecule has 1 rings (SSSR count). The molecule has 0 saturated heterocycles. The molecule has 2 N–H and O–H groups in total. The van der Waals surface area contributed by atoms with E-state index in [1.165, 1.54) is 24.3 Å². The molecule has 0 aromatic heterocycles. The van der Waals surface area contributed by atoms with E-state index in [2.05, 4.69) is 0 Å². The van der Waals surface area contributed by atoms with E-state index < -0.39 is 18.0 Å². The van der Waals surface area contributed by atoms with Crippen molar-refractivity contribution in [3.8, 4) is 0 Å². The molecule has 0 aromatic rings. The van der Waals surface area contributed by atoms with E-state index in [-0.39, 0.29) is 5.78 Å². The van der Waals surface area contributed by atoms with Crippen LogP contribution < -0.4 is 0 Å². The molecule has 0 spiro atoms. The maximum Gasteiger partial charge on any atom is 0.333 e. The molecule has 0 saturated carbocycles. The van der Waals surface area contributed by atoms with E-state index in [1.54, 1.807) is 0 Å². The molecule has 0 heterocycles. The standard InChI is InChI=1S/C8H8O4/c9-6-3-1-5(2-4-6)7(10)8(11)12/h1-5,7,10H,(H,11,12). The Balaban J connectivity index is 2.67. The van der Waals surface area contributed by atoms with Crippen molar-refractivity contribution in [1.29, 1.82) is 0 Å². The molecule has 12 heavy (non-hydrogen) atoms. The largest absolute Gasteiger partial charge is 0.479 e. The molecule has 64 valence electrons. The minimum absolute atomic E-state index is 0.191. The van der Waals surface area contributed by atoms with Crippen LogP contribution in [0.25, 0.3) is 0 Å². The van der Waals surface area contributed by atoms with Gasteiger partial charge in [-0.15, -0.1) is 0 Å². The summed E-state index contributed by atoms with van der Waals surface area (Å²) in [6.07, 6.45) is 3.78. The number of aliphatic carboxylic acids is 1. The number of rotatable bonds is 2. The molecule has 1 unspecified atom stereocenters. The average Bonchev–Trinajstić information content (AvgIpc) is 2.04. The van der Waals surface area contributed by atoms with Gasteiger partial charge in [-0.2, -0.15) is 0 Å². The number of aliphatic hydroxyl groups is 1. The Hall–Kier alpha value is -1.42. The molecule has 4 heteroatoms. The molecule has 0 fully saturated rings. The summed E-state index contributed by atoms with van der Waals surface area (Å²) >= 11 is 0. The molecule has 4 nitrogen and oxygen atoms in total. The van der Waals surface area contributed by atoms with Gasteiger partial charge in [-0.25, -0.2) is 4.79 Å². The summed E-state index contributed by atoms with van der Waals surface area (Å²) in [7, 11) is 0. The Morgan fingerprint density at radius 3 is 2.33 bits per heavy atom. The molecule has 0 amide bonds. The highest BCUT2D eigenvalue weighted by Crippen LogP contribution is 2.12. The molecular weight excluding hydrogens is 160 g/mol. The molecule has 1 aliphatic carbocycles. The van der Waals surface area contributed by atoms with Crippen LogP contribution in [0, 0.1) is 5.92 Å². The number of carbonyl (C=O) groups is 2. The second-order valence-corrected chi connectivity index (χ2v) is 2.48. The minimum atomic E-state index is -1.47. The number of hydrogen-bond acceptors (Lipinski definition) is 3. The first-order valence-corrected chi connectivity index (χ1v) is 3.42. The predicted molar refractivity (Wildman–Crippen MR) is 40.4 cm³/mol. The van der Waals surface area contributed by atoms with Crippen LogP contribution in [0.3, 0.4) is 0 Å². The first kappa shape index (κ1) is 8.67. The van der Waals surface area contributed by atoms with Crippen LogP contribution in [0.4, 0.5) is 0 Å². The van der Waals surface area contributed by atoms with Crippen molar-refractivity contribution >= 4 is 11.8 Å². The summed E-state index contributed by atoms with van der Waals surface area (Å²) in [5.41, 5.74) is 0. The second kappa shape index (κ2) is 3.32. The van der Waals surface area contributed by atoms with Gasteiger partial charge in [0.2, 0.25) is 0 Å². The van der Waals surface area contributed by atoms with Crippen molar-refractivity contribution < 1.29 is 19.8 Å². The Labute approximate surface area is 68.8 Å². The Morgan fingerprint density at radius 2 is 1.92 bits per heavy atom. The van der Waals surface area contributed by atoms with Crippen molar-refractivity contribution in [2.75, 3.05) is 0 Å². The lowest BCUT2D eigenvalue weighted by Crippen LogP contribution is -2.27. The van der Waals surface area contributed by atoms with Gasteiger partial charge in [0.1, 0.15) is 0 Å². The van der Waals surface area contributed by atoms with Crippen LogP contribution in [0.1, 0.15) is 0 Å². The van der Waals surface area contributed by atoms with Gasteiger partial charge in [-0.3, -0.25) is 4.79 Å². The highest BCUT2D eigenvalue weighted by molar-refractivity contribution is 6.00. The lowest BCUT2D eigenvalue weighted by atomic mass is 9.97. The fraction of sp³-hybridized carbons (Fsp3) is 0.250. The molecule has 0 aromatic carbocycles. The zero-order valence-electron chi connectivity index (χ0n) is 6.18. The highest BCUT2D eigenvalue weighted by atomic mass is 16.4. The Bertz CT molecular complexity index is 248. The molecule has 1 aliphatic rings. The SMILES string of the molecule is O=C1C=CC(C(O)C(=O)O)C=C1. The van der Waals surface area contributed by atoms with E-state index in [0.717, 1.165) is 0 Å². The summed E-state index contributed by atoms with van der Waals surface area (Å²) in [5.74, 6) is -2.08. The van der Waals surface area contributed by atoms with Gasteiger partial charge in [0.15, 0.2) is 11.9 Å². The van der Waals surface area contributed by atoms with Gasteiger partial charge in [0.05, 0.1) is 0 Å². The van der Waals surface area contributed by atoms with Crippen LogP contribution in [0.15, 0.2) is 24.3 Å². The van der Waals surface area contributed by atoms with Crippen LogP contribution in [-0.2, 0) is 9.59 Å². The fourth-order valence-electron chi connectivity index (χ4n) is 0.907. The van der Waals surface area contributed by atoms with E-state index in [1.807, 2.05) is 0 Å². The Morgan fingerprint density at radius 1 is 1.42 bits per heavy atom. The number of ketones is 1. The van der Waals surface area contributed by atoms with Crippen LogP contribution >= 0.6 is 0 Å². The lowest BCUT2D eigenvalue weighted by molar-refractivity contribution is -0.147. The van der Waals surface area contributed by atoms with E-state index in [4.69, 9.17) is 10.2 Å². The Kier molecular flexibility index (Phi) is 2.40. The third-order valence-electron chi connectivity index (χ3n) is 1.58. The number of hydrogen-bond donors (Lipinski definition) is 2. The third-order valence-corrected chi connectivity index (χ3v) is 1.58. The minimum Gasteiger partial charge on any atom is -0.479 e. The molecule has 0 bridgehead atoms. The van der Waals surface area contributed by atoms with E-state index in [0.29, 0.717) is 0 Å². The normalized spacial score (nSPS) is 19.6. The first-order chi connectivity index (χ1) is 5.61. The summed E-state index contributed by atoms with van der Waals surface area (Å²) in [5, 5.41) is 17.4. The highest BCUT2D eigenvalue weighted by Gasteiger charge is 2.22. The quantitative estimate of drug-likeness (QED) is 0.595. The number of carboxylic acid groups (broad SMARTS) is 1. The van der Waals surface area contributed by atoms with Crippen molar-refractivity contribution in [2.45, 2.75) is 6.10 Å². The summed E-state index contributed by atoms with van der Waals surface area (Å²) in [4.78, 5) is 20.9. The maximum absolute atomic E-state index is 10.6. The zero-order valence-corrected chi connectivity index (χ0v) is 6.18. The zero-order chi connectivity index (χ0) is 9.14. The van der Waals surface area contributed by atoms with Gasteiger partial charge >= 0.3 is 5.97 Å². The summed E-state index contributed by atoms with van der Waals surface area (Å²) in [6, 6.07) is 0. The van der Waals surface area contributed by atoms with Crippen LogP contribution in [0.5, 0.6) is 0 Å². The predicted octanol–water partition coefficient (Wildman–Crippen LogP) is -0.257. The van der Waals surface area contributed by atoms with Crippen molar-refractivity contribution in [3.63, 3.8) is 0 Å². The summed E-state index contributed by atoms with van der Waals surface area (Å²) < 4.78 is 0. The summed E-state index contributed by atoms with van der Waals surface area (Å²) in [6.45, 7) is 0. The number of carbonyl (C=O) groups excluding carboxylic acids is 1. The van der Waals surface area contributed by atoms with Gasteiger partial charge in [0.25, 0.3) is 0 Å². The van der Waals surface area contributed by atoms with Crippen LogP contribution in [0.2, 0.25) is 0 Å². The lowest BCUT2D eigenvalue weighted by Gasteiger charge is -2.13. The molecule has 0 radical (unpaired) electrons. The number of carboxylic acids is 1. The maximum atomic E-state index is 10.6. The average molecular weight is 168 g/mol. The monoisotopic (exact) mass is 168 g/mol. The van der Waals surface area contributed by atoms with Gasteiger partial charge in [-0.05, 0) is 12.2 Å². The second-order valence-electron chi connectivity index (χ2n) is 2.48. The van der Waals surface area contributed by atoms with Gasteiger partial charge in [-0.1, -0.05) is 12.2 Å². The van der Waals surface area contributed by atoms with Crippen molar-refractivity contribution in [1.82, 2.24) is 0 Å². The molecular formula is C8H8O4.